The van der Waals surface area contributed by atoms with Gasteiger partial charge < -0.3 is 9.64 Å². The minimum absolute atomic E-state index is 0.0478. The zero-order chi connectivity index (χ0) is 18.0. The number of morpholine rings is 1. The first-order valence-corrected chi connectivity index (χ1v) is 9.74. The molecule has 1 aromatic carbocycles. The van der Waals surface area contributed by atoms with E-state index in [1.165, 1.54) is 24.5 Å². The Morgan fingerprint density at radius 2 is 1.76 bits per heavy atom. The number of hydrogen-bond donors (Lipinski definition) is 1. The molecule has 0 saturated carbocycles. The highest BCUT2D eigenvalue weighted by molar-refractivity contribution is 7.92. The van der Waals surface area contributed by atoms with Crippen LogP contribution in [0.3, 0.4) is 0 Å². The summed E-state index contributed by atoms with van der Waals surface area (Å²) in [6.45, 7) is 4.34. The third kappa shape index (κ3) is 4.14. The molecule has 0 spiro atoms. The topological polar surface area (TPSA) is 84.4 Å². The van der Waals surface area contributed by atoms with Crippen molar-refractivity contribution >= 4 is 44.9 Å². The van der Waals surface area contributed by atoms with Crippen LogP contribution in [0.1, 0.15) is 5.56 Å². The van der Waals surface area contributed by atoms with Crippen molar-refractivity contribution in [2.24, 2.45) is 0 Å². The van der Waals surface area contributed by atoms with E-state index in [4.69, 9.17) is 27.9 Å². The lowest BCUT2D eigenvalue weighted by Crippen LogP contribution is -2.37. The molecule has 0 atom stereocenters. The Morgan fingerprint density at radius 3 is 2.40 bits per heavy atom. The molecule has 1 saturated heterocycles. The summed E-state index contributed by atoms with van der Waals surface area (Å²) in [4.78, 5) is 10.4. The van der Waals surface area contributed by atoms with E-state index >= 15 is 0 Å². The van der Waals surface area contributed by atoms with Gasteiger partial charge in [0.1, 0.15) is 4.90 Å². The van der Waals surface area contributed by atoms with Gasteiger partial charge in [0.15, 0.2) is 0 Å². The summed E-state index contributed by atoms with van der Waals surface area (Å²) in [6, 6.07) is 2.83. The van der Waals surface area contributed by atoms with Crippen molar-refractivity contribution < 1.29 is 13.2 Å². The highest BCUT2D eigenvalue weighted by Crippen LogP contribution is 2.29. The van der Waals surface area contributed by atoms with Gasteiger partial charge in [-0.05, 0) is 24.6 Å². The van der Waals surface area contributed by atoms with Gasteiger partial charge in [0.25, 0.3) is 10.0 Å². The van der Waals surface area contributed by atoms with Crippen LogP contribution in [0.15, 0.2) is 29.4 Å². The summed E-state index contributed by atoms with van der Waals surface area (Å²) < 4.78 is 32.8. The fraction of sp³-hybridized carbons (Fsp3) is 0.333. The number of aryl methyl sites for hydroxylation is 1. The number of hydrogen-bond acceptors (Lipinski definition) is 6. The molecule has 1 N–H and O–H groups in total. The molecule has 0 aliphatic carbocycles. The lowest BCUT2D eigenvalue weighted by atomic mass is 10.2. The standard InChI is InChI=1S/C15H16Cl2N4O3S/c1-10-6-14(13(17)7-12(10)16)25(22,23)20-11-8-18-15(19-9-11)21-2-4-24-5-3-21/h6-9,20H,2-5H2,1H3. The molecule has 0 bridgehead atoms. The van der Waals surface area contributed by atoms with Crippen LogP contribution in [0.2, 0.25) is 10.0 Å². The van der Waals surface area contributed by atoms with Crippen molar-refractivity contribution in [1.82, 2.24) is 9.97 Å². The summed E-state index contributed by atoms with van der Waals surface area (Å²) in [7, 11) is -3.88. The molecule has 0 unspecified atom stereocenters. The molecule has 3 rings (SSSR count). The number of anilines is 2. The number of benzene rings is 1. The molecule has 1 aromatic heterocycles. The van der Waals surface area contributed by atoms with Crippen LogP contribution in [0, 0.1) is 6.92 Å². The number of aromatic nitrogens is 2. The summed E-state index contributed by atoms with van der Waals surface area (Å²) in [5.41, 5.74) is 0.867. The van der Waals surface area contributed by atoms with Gasteiger partial charge in [-0.15, -0.1) is 0 Å². The lowest BCUT2D eigenvalue weighted by Gasteiger charge is -2.26. The lowest BCUT2D eigenvalue weighted by molar-refractivity contribution is 0.122. The fourth-order valence-corrected chi connectivity index (χ4v) is 4.21. The van der Waals surface area contributed by atoms with E-state index in [1.807, 2.05) is 4.90 Å². The number of halogens is 2. The van der Waals surface area contributed by atoms with Crippen LogP contribution in [-0.4, -0.2) is 44.7 Å². The zero-order valence-corrected chi connectivity index (χ0v) is 15.7. The van der Waals surface area contributed by atoms with Crippen LogP contribution < -0.4 is 9.62 Å². The Labute approximate surface area is 156 Å². The summed E-state index contributed by atoms with van der Waals surface area (Å²) in [6.07, 6.45) is 2.85. The van der Waals surface area contributed by atoms with Gasteiger partial charge in [-0.25, -0.2) is 18.4 Å². The normalized spacial score (nSPS) is 15.2. The maximum absolute atomic E-state index is 12.6. The maximum atomic E-state index is 12.6. The molecule has 0 amide bonds. The molecular weight excluding hydrogens is 387 g/mol. The Balaban J connectivity index is 1.80. The Kier molecular flexibility index (Phi) is 5.33. The Bertz CT molecular complexity index is 869. The van der Waals surface area contributed by atoms with E-state index in [-0.39, 0.29) is 15.6 Å². The minimum Gasteiger partial charge on any atom is -0.378 e. The van der Waals surface area contributed by atoms with E-state index in [0.29, 0.717) is 42.8 Å². The molecule has 1 aliphatic heterocycles. The quantitative estimate of drug-likeness (QED) is 0.845. The van der Waals surface area contributed by atoms with Crippen molar-refractivity contribution in [1.29, 1.82) is 0 Å². The molecule has 25 heavy (non-hydrogen) atoms. The van der Waals surface area contributed by atoms with E-state index in [9.17, 15) is 8.42 Å². The first-order chi connectivity index (χ1) is 11.9. The number of nitrogens with one attached hydrogen (secondary N) is 1. The highest BCUT2D eigenvalue weighted by atomic mass is 35.5. The average molecular weight is 403 g/mol. The predicted octanol–water partition coefficient (Wildman–Crippen LogP) is 2.73. The third-order valence-electron chi connectivity index (χ3n) is 3.69. The predicted molar refractivity (Wildman–Crippen MR) is 97.1 cm³/mol. The van der Waals surface area contributed by atoms with Crippen LogP contribution in [-0.2, 0) is 14.8 Å². The van der Waals surface area contributed by atoms with E-state index < -0.39 is 10.0 Å². The van der Waals surface area contributed by atoms with E-state index in [1.54, 1.807) is 6.92 Å². The molecule has 0 radical (unpaired) electrons. The van der Waals surface area contributed by atoms with Gasteiger partial charge in [0.05, 0.1) is 36.3 Å². The number of sulfonamides is 1. The second-order valence-corrected chi connectivity index (χ2v) is 7.97. The molecule has 2 aromatic rings. The number of rotatable bonds is 4. The van der Waals surface area contributed by atoms with E-state index in [0.717, 1.165) is 0 Å². The maximum Gasteiger partial charge on any atom is 0.263 e. The molecule has 10 heteroatoms. The molecule has 1 fully saturated rings. The van der Waals surface area contributed by atoms with Crippen molar-refractivity contribution in [2.75, 3.05) is 35.9 Å². The Morgan fingerprint density at radius 1 is 1.12 bits per heavy atom. The van der Waals surface area contributed by atoms with Crippen molar-refractivity contribution in [2.45, 2.75) is 11.8 Å². The second kappa shape index (κ2) is 7.33. The summed E-state index contributed by atoms with van der Waals surface area (Å²) in [5.74, 6) is 0.534. The van der Waals surface area contributed by atoms with Crippen molar-refractivity contribution in [3.8, 4) is 0 Å². The first-order valence-electron chi connectivity index (χ1n) is 7.50. The van der Waals surface area contributed by atoms with Gasteiger partial charge >= 0.3 is 0 Å². The average Bonchev–Trinajstić information content (AvgIpc) is 2.59. The summed E-state index contributed by atoms with van der Waals surface area (Å²) in [5, 5.41) is 0.455. The first kappa shape index (κ1) is 18.2. The van der Waals surface area contributed by atoms with Crippen molar-refractivity contribution in [3.63, 3.8) is 0 Å². The number of nitrogens with zero attached hydrogens (tertiary/aromatic N) is 3. The van der Waals surface area contributed by atoms with Gasteiger partial charge in [-0.3, -0.25) is 4.72 Å². The fourth-order valence-electron chi connectivity index (χ4n) is 2.35. The zero-order valence-electron chi connectivity index (χ0n) is 13.4. The van der Waals surface area contributed by atoms with Crippen LogP contribution in [0.25, 0.3) is 0 Å². The monoisotopic (exact) mass is 402 g/mol. The van der Waals surface area contributed by atoms with E-state index in [2.05, 4.69) is 14.7 Å². The Hall–Kier alpha value is -1.61. The third-order valence-corrected chi connectivity index (χ3v) is 5.94. The number of ether oxygens (including phenoxy) is 1. The smallest absolute Gasteiger partial charge is 0.263 e. The SMILES string of the molecule is Cc1cc(S(=O)(=O)Nc2cnc(N3CCOCC3)nc2)c(Cl)cc1Cl. The molecule has 7 nitrogen and oxygen atoms in total. The van der Waals surface area contributed by atoms with Gasteiger partial charge in [0.2, 0.25) is 5.95 Å². The van der Waals surface area contributed by atoms with Crippen molar-refractivity contribution in [3.05, 3.63) is 40.1 Å². The highest BCUT2D eigenvalue weighted by Gasteiger charge is 2.20. The molecular formula is C15H16Cl2N4O3S. The minimum atomic E-state index is -3.88. The molecule has 134 valence electrons. The van der Waals surface area contributed by atoms with Crippen LogP contribution in [0.4, 0.5) is 11.6 Å². The van der Waals surface area contributed by atoms with Gasteiger partial charge in [-0.1, -0.05) is 23.2 Å². The molecule has 2 heterocycles. The second-order valence-electron chi connectivity index (χ2n) is 5.51. The van der Waals surface area contributed by atoms with Crippen LogP contribution >= 0.6 is 23.2 Å². The van der Waals surface area contributed by atoms with Gasteiger partial charge in [0, 0.05) is 18.1 Å². The largest absolute Gasteiger partial charge is 0.378 e. The van der Waals surface area contributed by atoms with Crippen LogP contribution in [0.5, 0.6) is 0 Å². The summed E-state index contributed by atoms with van der Waals surface area (Å²) >= 11 is 12.0. The van der Waals surface area contributed by atoms with Gasteiger partial charge in [-0.2, -0.15) is 0 Å². The molecule has 1 aliphatic rings.